The largest absolute Gasteiger partial charge is 0.464 e. The van der Waals surface area contributed by atoms with Crippen molar-refractivity contribution < 1.29 is 19.4 Å². The molecule has 0 spiro atoms. The Bertz CT molecular complexity index is 1090. The number of hydrazine groups is 1. The molecule has 0 aliphatic carbocycles. The Labute approximate surface area is 190 Å². The summed E-state index contributed by atoms with van der Waals surface area (Å²) in [5.41, 5.74) is 2.33. The molecule has 0 aromatic carbocycles. The zero-order valence-electron chi connectivity index (χ0n) is 19.3. The molecule has 2 aromatic heterocycles. The number of rotatable bonds is 8. The van der Waals surface area contributed by atoms with E-state index in [2.05, 4.69) is 5.43 Å². The van der Waals surface area contributed by atoms with Gasteiger partial charge in [0.15, 0.2) is 0 Å². The first-order valence-corrected chi connectivity index (χ1v) is 11.5. The van der Waals surface area contributed by atoms with Gasteiger partial charge in [0.25, 0.3) is 5.56 Å². The van der Waals surface area contributed by atoms with Gasteiger partial charge in [-0.2, -0.15) is 0 Å². The molecule has 0 radical (unpaired) electrons. The Morgan fingerprint density at radius 3 is 2.62 bits per heavy atom. The lowest BCUT2D eigenvalue weighted by atomic mass is 10.1. The van der Waals surface area contributed by atoms with Crippen LogP contribution in [0.4, 0.5) is 4.79 Å². The van der Waals surface area contributed by atoms with E-state index in [0.717, 1.165) is 28.3 Å². The van der Waals surface area contributed by atoms with Crippen molar-refractivity contribution in [2.75, 3.05) is 20.3 Å². The van der Waals surface area contributed by atoms with Crippen LogP contribution in [0, 0.1) is 6.92 Å². The summed E-state index contributed by atoms with van der Waals surface area (Å²) in [5.74, 6) is 0. The van der Waals surface area contributed by atoms with E-state index in [4.69, 9.17) is 9.47 Å². The molecule has 1 atom stereocenters. The van der Waals surface area contributed by atoms with Crippen LogP contribution in [0.1, 0.15) is 44.1 Å². The number of amides is 1. The van der Waals surface area contributed by atoms with Crippen LogP contribution in [-0.2, 0) is 29.1 Å². The van der Waals surface area contributed by atoms with Crippen LogP contribution >= 0.6 is 11.3 Å². The van der Waals surface area contributed by atoms with E-state index in [0.29, 0.717) is 23.4 Å². The summed E-state index contributed by atoms with van der Waals surface area (Å²) in [5, 5.41) is 11.2. The highest BCUT2D eigenvalue weighted by atomic mass is 32.1. The smallest absolute Gasteiger partial charge is 0.422 e. The van der Waals surface area contributed by atoms with Gasteiger partial charge in [-0.1, -0.05) is 0 Å². The minimum atomic E-state index is -1.09. The lowest BCUT2D eigenvalue weighted by Gasteiger charge is -2.33. The van der Waals surface area contributed by atoms with Crippen molar-refractivity contribution in [1.29, 1.82) is 0 Å². The Kier molecular flexibility index (Phi) is 7.43. The number of hydrogen-bond acceptors (Lipinski definition) is 7. The number of nitrogens with one attached hydrogen (secondary N) is 1. The average Bonchev–Trinajstić information content (AvgIpc) is 3.32. The predicted molar refractivity (Wildman–Crippen MR) is 122 cm³/mol. The summed E-state index contributed by atoms with van der Waals surface area (Å²) in [6, 6.07) is 0. The number of aromatic nitrogens is 2. The molecule has 3 heterocycles. The summed E-state index contributed by atoms with van der Waals surface area (Å²) < 4.78 is 13.7. The first-order valence-electron chi connectivity index (χ1n) is 10.7. The zero-order chi connectivity index (χ0) is 23.6. The molecular formula is C21H32N4O6S. The van der Waals surface area contributed by atoms with Crippen molar-refractivity contribution in [3.8, 4) is 0 Å². The van der Waals surface area contributed by atoms with Crippen molar-refractivity contribution in [2.24, 2.45) is 0 Å². The van der Waals surface area contributed by atoms with Gasteiger partial charge >= 0.3 is 11.8 Å². The number of aryl methyl sites for hydroxylation is 1. The molecule has 32 heavy (non-hydrogen) atoms. The molecule has 1 aliphatic rings. The average molecular weight is 469 g/mol. The third-order valence-corrected chi connectivity index (χ3v) is 6.90. The van der Waals surface area contributed by atoms with Gasteiger partial charge in [-0.25, -0.2) is 20.0 Å². The van der Waals surface area contributed by atoms with E-state index < -0.39 is 11.6 Å². The molecule has 3 rings (SSSR count). The highest BCUT2D eigenvalue weighted by Gasteiger charge is 2.28. The molecule has 178 valence electrons. The topological polar surface area (TPSA) is 115 Å². The second-order valence-corrected chi connectivity index (χ2v) is 10.0. The third-order valence-electron chi connectivity index (χ3n) is 5.58. The predicted octanol–water partition coefficient (Wildman–Crippen LogP) is 2.14. The van der Waals surface area contributed by atoms with Crippen molar-refractivity contribution in [3.05, 3.63) is 31.3 Å². The zero-order valence-corrected chi connectivity index (χ0v) is 20.1. The second kappa shape index (κ2) is 9.74. The Morgan fingerprint density at radius 1 is 1.34 bits per heavy atom. The summed E-state index contributed by atoms with van der Waals surface area (Å²) >= 11 is 1.34. The van der Waals surface area contributed by atoms with Crippen molar-refractivity contribution in [1.82, 2.24) is 19.6 Å². The first kappa shape index (κ1) is 24.4. The maximum atomic E-state index is 13.2. The van der Waals surface area contributed by atoms with Gasteiger partial charge in [0, 0.05) is 18.6 Å². The minimum absolute atomic E-state index is 0.0725. The third kappa shape index (κ3) is 4.90. The molecule has 0 saturated carbocycles. The molecule has 10 nitrogen and oxygen atoms in total. The number of carbonyl (C=O) groups is 1. The number of carboxylic acid groups (broad SMARTS) is 1. The van der Waals surface area contributed by atoms with E-state index in [1.54, 1.807) is 25.3 Å². The Morgan fingerprint density at radius 2 is 2.06 bits per heavy atom. The molecule has 11 heteroatoms. The maximum Gasteiger partial charge on any atom is 0.422 e. The van der Waals surface area contributed by atoms with E-state index in [9.17, 15) is 19.5 Å². The molecule has 2 N–H and O–H groups in total. The normalized spacial score (nSPS) is 16.7. The fourth-order valence-corrected chi connectivity index (χ4v) is 5.11. The van der Waals surface area contributed by atoms with E-state index in [1.807, 2.05) is 6.92 Å². The van der Waals surface area contributed by atoms with Gasteiger partial charge in [-0.3, -0.25) is 13.9 Å². The molecule has 1 saturated heterocycles. The van der Waals surface area contributed by atoms with Gasteiger partial charge in [0.2, 0.25) is 0 Å². The highest BCUT2D eigenvalue weighted by Crippen LogP contribution is 2.29. The molecule has 2 aromatic rings. The standard InChI is InChI=1S/C21H32N4O6S/c1-13-15(11-22-25(20(28)29)21(2,3)4)32-18-16(13)17(26)23(8-10-30-5)19(27)24(18)12-14-7-6-9-31-14/h14,22H,6-12H2,1-5H3,(H,28,29). The van der Waals surface area contributed by atoms with Gasteiger partial charge < -0.3 is 14.6 Å². The van der Waals surface area contributed by atoms with Gasteiger partial charge in [0.1, 0.15) is 4.83 Å². The van der Waals surface area contributed by atoms with Crippen LogP contribution in [0.3, 0.4) is 0 Å². The summed E-state index contributed by atoms with van der Waals surface area (Å²) in [7, 11) is 1.53. The fourth-order valence-electron chi connectivity index (χ4n) is 3.88. The number of nitrogens with zero attached hydrogens (tertiary/aromatic N) is 3. The minimum Gasteiger partial charge on any atom is -0.464 e. The lowest BCUT2D eigenvalue weighted by molar-refractivity contribution is 0.0626. The SMILES string of the molecule is COCCn1c(=O)c2c(C)c(CNN(C(=O)O)C(C)(C)C)sc2n(CC2CCCO2)c1=O. The maximum absolute atomic E-state index is 13.2. The van der Waals surface area contributed by atoms with Crippen LogP contribution in [0.2, 0.25) is 0 Å². The van der Waals surface area contributed by atoms with Crippen LogP contribution in [-0.4, -0.2) is 57.3 Å². The van der Waals surface area contributed by atoms with Crippen molar-refractivity contribution >= 4 is 27.6 Å². The lowest BCUT2D eigenvalue weighted by Crippen LogP contribution is -2.52. The molecular weight excluding hydrogens is 436 g/mol. The number of ether oxygens (including phenoxy) is 2. The van der Waals surface area contributed by atoms with Crippen LogP contribution < -0.4 is 16.7 Å². The summed E-state index contributed by atoms with van der Waals surface area (Å²) in [4.78, 5) is 39.5. The van der Waals surface area contributed by atoms with Gasteiger partial charge in [-0.15, -0.1) is 11.3 Å². The van der Waals surface area contributed by atoms with Gasteiger partial charge in [0.05, 0.1) is 43.3 Å². The van der Waals surface area contributed by atoms with Crippen LogP contribution in [0.25, 0.3) is 10.2 Å². The highest BCUT2D eigenvalue weighted by molar-refractivity contribution is 7.18. The molecule has 0 bridgehead atoms. The van der Waals surface area contributed by atoms with Crippen molar-refractivity contribution in [2.45, 2.75) is 71.8 Å². The van der Waals surface area contributed by atoms with Crippen LogP contribution in [0.5, 0.6) is 0 Å². The number of thiophene rings is 1. The number of fused-ring (bicyclic) bond motifs is 1. The molecule has 1 unspecified atom stereocenters. The number of hydrogen-bond donors (Lipinski definition) is 2. The Hall–Kier alpha value is -2.21. The quantitative estimate of drug-likeness (QED) is 0.571. The fraction of sp³-hybridized carbons (Fsp3) is 0.667. The summed E-state index contributed by atoms with van der Waals surface area (Å²) in [6.07, 6.45) is 0.649. The van der Waals surface area contributed by atoms with Crippen LogP contribution in [0.15, 0.2) is 9.59 Å². The monoisotopic (exact) mass is 468 g/mol. The van der Waals surface area contributed by atoms with E-state index in [-0.39, 0.29) is 37.0 Å². The number of methoxy groups -OCH3 is 1. The molecule has 1 amide bonds. The second-order valence-electron chi connectivity index (χ2n) is 8.93. The molecule has 1 aliphatic heterocycles. The first-order chi connectivity index (χ1) is 15.1. The van der Waals surface area contributed by atoms with E-state index >= 15 is 0 Å². The summed E-state index contributed by atoms with van der Waals surface area (Å²) in [6.45, 7) is 8.88. The Balaban J connectivity index is 2.08. The molecule has 1 fully saturated rings. The van der Waals surface area contributed by atoms with Crippen molar-refractivity contribution in [3.63, 3.8) is 0 Å². The van der Waals surface area contributed by atoms with E-state index in [1.165, 1.54) is 23.0 Å². The van der Waals surface area contributed by atoms with Gasteiger partial charge in [-0.05, 0) is 46.1 Å².